The Bertz CT molecular complexity index is 1160. The predicted octanol–water partition coefficient (Wildman–Crippen LogP) is 2.64. The Morgan fingerprint density at radius 3 is 2.74 bits per heavy atom. The molecule has 0 aliphatic heterocycles. The lowest BCUT2D eigenvalue weighted by Gasteiger charge is -2.05. The van der Waals surface area contributed by atoms with Crippen LogP contribution in [0.15, 0.2) is 54.6 Å². The van der Waals surface area contributed by atoms with Gasteiger partial charge in [0.15, 0.2) is 5.82 Å². The molecule has 27 heavy (non-hydrogen) atoms. The summed E-state index contributed by atoms with van der Waals surface area (Å²) in [7, 11) is 0. The lowest BCUT2D eigenvalue weighted by Crippen LogP contribution is -2.18. The van der Waals surface area contributed by atoms with Gasteiger partial charge in [-0.25, -0.2) is 4.57 Å². The van der Waals surface area contributed by atoms with Crippen LogP contribution in [0.2, 0.25) is 0 Å². The highest BCUT2D eigenvalue weighted by Crippen LogP contribution is 2.13. The van der Waals surface area contributed by atoms with Crippen LogP contribution >= 0.6 is 12.2 Å². The largest absolute Gasteiger partial charge is 0.268 e. The van der Waals surface area contributed by atoms with E-state index < -0.39 is 0 Å². The Labute approximate surface area is 159 Å². The molecule has 0 fully saturated rings. The fraction of sp³-hybridized carbons (Fsp3) is 0.111. The standard InChI is InChI=1S/C18H15N7OS/c1-12-6-5-9-14(10-12)17(26)25-15(19-21-18(25)27)11-24-22-16(20-23-24)13-7-3-2-4-8-13/h2-10H,11H2,1H3,(H,21,27). The van der Waals surface area contributed by atoms with Gasteiger partial charge < -0.3 is 0 Å². The van der Waals surface area contributed by atoms with Crippen molar-refractivity contribution < 1.29 is 4.79 Å². The quantitative estimate of drug-likeness (QED) is 0.550. The molecule has 2 heterocycles. The molecule has 0 saturated heterocycles. The van der Waals surface area contributed by atoms with E-state index in [1.54, 1.807) is 6.07 Å². The zero-order chi connectivity index (χ0) is 18.8. The van der Waals surface area contributed by atoms with Crippen molar-refractivity contribution in [3.05, 3.63) is 76.3 Å². The number of tetrazole rings is 1. The van der Waals surface area contributed by atoms with E-state index in [1.807, 2.05) is 55.5 Å². The van der Waals surface area contributed by atoms with Crippen LogP contribution in [0.4, 0.5) is 0 Å². The van der Waals surface area contributed by atoms with Crippen molar-refractivity contribution in [1.29, 1.82) is 0 Å². The van der Waals surface area contributed by atoms with E-state index in [9.17, 15) is 4.79 Å². The molecule has 0 radical (unpaired) electrons. The van der Waals surface area contributed by atoms with E-state index in [0.717, 1.165) is 11.1 Å². The number of H-pyrrole nitrogens is 1. The molecule has 0 unspecified atom stereocenters. The van der Waals surface area contributed by atoms with E-state index in [-0.39, 0.29) is 17.2 Å². The second kappa shape index (κ2) is 7.04. The zero-order valence-electron chi connectivity index (χ0n) is 14.4. The maximum Gasteiger partial charge on any atom is 0.265 e. The van der Waals surface area contributed by atoms with Crippen molar-refractivity contribution >= 4 is 18.1 Å². The number of hydrogen-bond donors (Lipinski definition) is 1. The lowest BCUT2D eigenvalue weighted by molar-refractivity contribution is 0.0954. The van der Waals surface area contributed by atoms with Crippen molar-refractivity contribution in [2.75, 3.05) is 0 Å². The van der Waals surface area contributed by atoms with Gasteiger partial charge in [-0.3, -0.25) is 9.89 Å². The van der Waals surface area contributed by atoms with E-state index in [0.29, 0.717) is 17.2 Å². The maximum atomic E-state index is 12.9. The average molecular weight is 377 g/mol. The zero-order valence-corrected chi connectivity index (χ0v) is 15.2. The number of carbonyl (C=O) groups is 1. The molecule has 0 bridgehead atoms. The minimum Gasteiger partial charge on any atom is -0.268 e. The van der Waals surface area contributed by atoms with Gasteiger partial charge in [0.05, 0.1) is 0 Å². The molecule has 0 saturated carbocycles. The van der Waals surface area contributed by atoms with Crippen molar-refractivity contribution in [2.45, 2.75) is 13.5 Å². The molecule has 4 aromatic rings. The highest BCUT2D eigenvalue weighted by molar-refractivity contribution is 7.71. The van der Waals surface area contributed by atoms with Crippen LogP contribution in [0, 0.1) is 11.7 Å². The first kappa shape index (κ1) is 17.0. The summed E-state index contributed by atoms with van der Waals surface area (Å²) in [5.74, 6) is 0.653. The Morgan fingerprint density at radius 2 is 1.96 bits per heavy atom. The molecule has 2 aromatic heterocycles. The molecular weight excluding hydrogens is 362 g/mol. The monoisotopic (exact) mass is 377 g/mol. The fourth-order valence-electron chi connectivity index (χ4n) is 2.69. The third-order valence-electron chi connectivity index (χ3n) is 3.98. The predicted molar refractivity (Wildman–Crippen MR) is 101 cm³/mol. The Morgan fingerprint density at radius 1 is 1.15 bits per heavy atom. The van der Waals surface area contributed by atoms with E-state index in [4.69, 9.17) is 12.2 Å². The van der Waals surface area contributed by atoms with E-state index in [1.165, 1.54) is 9.36 Å². The van der Waals surface area contributed by atoms with Crippen LogP contribution in [-0.2, 0) is 6.54 Å². The normalized spacial score (nSPS) is 10.9. The second-order valence-corrected chi connectivity index (χ2v) is 6.35. The molecule has 134 valence electrons. The molecule has 0 spiro atoms. The maximum absolute atomic E-state index is 12.9. The minimum absolute atomic E-state index is 0.157. The van der Waals surface area contributed by atoms with Crippen molar-refractivity contribution in [2.24, 2.45) is 0 Å². The SMILES string of the molecule is Cc1cccc(C(=O)n2c(Cn3nnc(-c4ccccc4)n3)n[nH]c2=S)c1. The van der Waals surface area contributed by atoms with Crippen molar-refractivity contribution in [3.63, 3.8) is 0 Å². The van der Waals surface area contributed by atoms with Crippen LogP contribution in [0.25, 0.3) is 11.4 Å². The average Bonchev–Trinajstić information content (AvgIpc) is 3.29. The summed E-state index contributed by atoms with van der Waals surface area (Å²) in [4.78, 5) is 14.3. The summed E-state index contributed by atoms with van der Waals surface area (Å²) < 4.78 is 1.58. The molecule has 4 rings (SSSR count). The number of hydrogen-bond acceptors (Lipinski definition) is 6. The van der Waals surface area contributed by atoms with E-state index in [2.05, 4.69) is 25.6 Å². The van der Waals surface area contributed by atoms with Gasteiger partial charge in [0, 0.05) is 11.1 Å². The second-order valence-electron chi connectivity index (χ2n) is 5.96. The Kier molecular flexibility index (Phi) is 4.43. The van der Waals surface area contributed by atoms with Crippen molar-refractivity contribution in [3.8, 4) is 11.4 Å². The number of aryl methyl sites for hydroxylation is 1. The van der Waals surface area contributed by atoms with E-state index >= 15 is 0 Å². The van der Waals surface area contributed by atoms with Gasteiger partial charge in [-0.05, 0) is 36.5 Å². The molecular formula is C18H15N7OS. The summed E-state index contributed by atoms with van der Waals surface area (Å²) in [6.07, 6.45) is 0. The fourth-order valence-corrected chi connectivity index (χ4v) is 2.93. The van der Waals surface area contributed by atoms with Crippen LogP contribution in [0.1, 0.15) is 21.7 Å². The lowest BCUT2D eigenvalue weighted by atomic mass is 10.1. The molecule has 0 amide bonds. The Hall–Kier alpha value is -3.46. The van der Waals surface area contributed by atoms with Gasteiger partial charge >= 0.3 is 0 Å². The minimum atomic E-state index is -0.254. The highest BCUT2D eigenvalue weighted by Gasteiger charge is 2.17. The third kappa shape index (κ3) is 3.44. The summed E-state index contributed by atoms with van der Waals surface area (Å²) in [5, 5.41) is 19.3. The number of nitrogens with one attached hydrogen (secondary N) is 1. The molecule has 0 aliphatic rings. The van der Waals surface area contributed by atoms with Gasteiger partial charge in [-0.2, -0.15) is 9.90 Å². The molecule has 8 nitrogen and oxygen atoms in total. The molecule has 0 aliphatic carbocycles. The number of benzene rings is 2. The third-order valence-corrected chi connectivity index (χ3v) is 4.25. The number of carbonyl (C=O) groups excluding carboxylic acids is 1. The highest BCUT2D eigenvalue weighted by atomic mass is 32.1. The van der Waals surface area contributed by atoms with Gasteiger partial charge in [0.1, 0.15) is 6.54 Å². The van der Waals surface area contributed by atoms with Gasteiger partial charge in [0.25, 0.3) is 5.91 Å². The first-order chi connectivity index (χ1) is 13.1. The molecule has 2 aromatic carbocycles. The summed E-state index contributed by atoms with van der Waals surface area (Å²) in [5.41, 5.74) is 2.38. The van der Waals surface area contributed by atoms with Gasteiger partial charge in [0.2, 0.25) is 10.6 Å². The first-order valence-electron chi connectivity index (χ1n) is 8.23. The number of aromatic amines is 1. The van der Waals surface area contributed by atoms with Gasteiger partial charge in [-0.1, -0.05) is 48.0 Å². The topological polar surface area (TPSA) is 94.3 Å². The summed E-state index contributed by atoms with van der Waals surface area (Å²) >= 11 is 5.24. The van der Waals surface area contributed by atoms with Crippen LogP contribution in [0.5, 0.6) is 0 Å². The smallest absolute Gasteiger partial charge is 0.265 e. The number of aromatic nitrogens is 7. The van der Waals surface area contributed by atoms with Crippen LogP contribution in [0.3, 0.4) is 0 Å². The number of nitrogens with zero attached hydrogens (tertiary/aromatic N) is 6. The molecule has 9 heteroatoms. The van der Waals surface area contributed by atoms with Gasteiger partial charge in [-0.15, -0.1) is 10.2 Å². The number of rotatable bonds is 4. The summed E-state index contributed by atoms with van der Waals surface area (Å²) in [6, 6.07) is 16.8. The van der Waals surface area contributed by atoms with Crippen LogP contribution < -0.4 is 0 Å². The summed E-state index contributed by atoms with van der Waals surface area (Å²) in [6.45, 7) is 2.08. The first-order valence-corrected chi connectivity index (χ1v) is 8.63. The Balaban J connectivity index is 1.64. The molecule has 0 atom stereocenters. The van der Waals surface area contributed by atoms with Crippen LogP contribution in [-0.4, -0.2) is 40.9 Å². The van der Waals surface area contributed by atoms with Crippen molar-refractivity contribution in [1.82, 2.24) is 35.0 Å². The molecule has 1 N–H and O–H groups in total.